The lowest BCUT2D eigenvalue weighted by Gasteiger charge is -2.22. The number of ether oxygens (including phenoxy) is 1. The molecule has 1 unspecified atom stereocenters. The van der Waals surface area contributed by atoms with Gasteiger partial charge in [0.05, 0.1) is 30.7 Å². The minimum atomic E-state index is -0.190. The summed E-state index contributed by atoms with van der Waals surface area (Å²) in [5.74, 6) is 0.533. The van der Waals surface area contributed by atoms with E-state index >= 15 is 0 Å². The molecule has 0 fully saturated rings. The molecule has 0 spiro atoms. The predicted octanol–water partition coefficient (Wildman–Crippen LogP) is 1.96. The molecule has 1 aromatic carbocycles. The number of rotatable bonds is 2. The number of nitriles is 1. The lowest BCUT2D eigenvalue weighted by atomic mass is 10.1. The third-order valence-electron chi connectivity index (χ3n) is 2.71. The van der Waals surface area contributed by atoms with E-state index in [4.69, 9.17) is 10.00 Å². The summed E-state index contributed by atoms with van der Waals surface area (Å²) >= 11 is 0. The van der Waals surface area contributed by atoms with Gasteiger partial charge < -0.3 is 9.64 Å². The van der Waals surface area contributed by atoms with Crippen LogP contribution in [0.2, 0.25) is 0 Å². The van der Waals surface area contributed by atoms with Gasteiger partial charge in [0, 0.05) is 6.54 Å². The second-order valence-corrected chi connectivity index (χ2v) is 4.10. The fourth-order valence-corrected chi connectivity index (χ4v) is 1.83. The molecule has 1 heterocycles. The molecule has 0 aromatic heterocycles. The van der Waals surface area contributed by atoms with Gasteiger partial charge in [-0.1, -0.05) is 12.1 Å². The molecule has 17 heavy (non-hydrogen) atoms. The zero-order chi connectivity index (χ0) is 12.3. The van der Waals surface area contributed by atoms with Gasteiger partial charge in [0.2, 0.25) is 5.91 Å². The molecule has 1 aliphatic rings. The van der Waals surface area contributed by atoms with E-state index in [0.717, 1.165) is 5.69 Å². The minimum absolute atomic E-state index is 0.0112. The summed E-state index contributed by atoms with van der Waals surface area (Å²) in [5, 5.41) is 8.85. The zero-order valence-electron chi connectivity index (χ0n) is 9.72. The third kappa shape index (κ3) is 2.39. The SMILES string of the molecule is CC(C#N)CN1C(=O)CCOc2ccccc21. The van der Waals surface area contributed by atoms with E-state index in [2.05, 4.69) is 6.07 Å². The number of amides is 1. The molecule has 1 aliphatic heterocycles. The zero-order valence-corrected chi connectivity index (χ0v) is 9.72. The fraction of sp³-hybridized carbons (Fsp3) is 0.385. The molecular weight excluding hydrogens is 216 g/mol. The second-order valence-electron chi connectivity index (χ2n) is 4.10. The molecule has 0 N–H and O–H groups in total. The van der Waals surface area contributed by atoms with Gasteiger partial charge in [-0.25, -0.2) is 0 Å². The van der Waals surface area contributed by atoms with Crippen molar-refractivity contribution in [1.82, 2.24) is 0 Å². The largest absolute Gasteiger partial charge is 0.491 e. The molecule has 0 radical (unpaired) electrons. The highest BCUT2D eigenvalue weighted by Gasteiger charge is 2.24. The van der Waals surface area contributed by atoms with Crippen LogP contribution in [0, 0.1) is 17.2 Å². The predicted molar refractivity (Wildman–Crippen MR) is 63.7 cm³/mol. The monoisotopic (exact) mass is 230 g/mol. The van der Waals surface area contributed by atoms with Crippen LogP contribution in [0.25, 0.3) is 0 Å². The number of carbonyl (C=O) groups excluding carboxylic acids is 1. The lowest BCUT2D eigenvalue weighted by molar-refractivity contribution is -0.118. The van der Waals surface area contributed by atoms with Crippen LogP contribution in [-0.2, 0) is 4.79 Å². The van der Waals surface area contributed by atoms with Gasteiger partial charge in [-0.3, -0.25) is 4.79 Å². The smallest absolute Gasteiger partial charge is 0.230 e. The van der Waals surface area contributed by atoms with Crippen LogP contribution >= 0.6 is 0 Å². The molecule has 1 aromatic rings. The first kappa shape index (κ1) is 11.5. The molecule has 0 bridgehead atoms. The Balaban J connectivity index is 2.34. The number of para-hydroxylation sites is 2. The molecule has 2 rings (SSSR count). The van der Waals surface area contributed by atoms with Crippen molar-refractivity contribution in [2.75, 3.05) is 18.1 Å². The summed E-state index contributed by atoms with van der Waals surface area (Å²) < 4.78 is 5.52. The van der Waals surface area contributed by atoms with E-state index in [9.17, 15) is 4.79 Å². The van der Waals surface area contributed by atoms with Crippen molar-refractivity contribution in [2.45, 2.75) is 13.3 Å². The van der Waals surface area contributed by atoms with Gasteiger partial charge in [0.1, 0.15) is 5.75 Å². The summed E-state index contributed by atoms with van der Waals surface area (Å²) in [7, 11) is 0. The minimum Gasteiger partial charge on any atom is -0.491 e. The molecule has 0 saturated heterocycles. The Morgan fingerprint density at radius 2 is 2.29 bits per heavy atom. The third-order valence-corrected chi connectivity index (χ3v) is 2.71. The first-order valence-electron chi connectivity index (χ1n) is 5.64. The van der Waals surface area contributed by atoms with Crippen LogP contribution in [-0.4, -0.2) is 19.1 Å². The van der Waals surface area contributed by atoms with Gasteiger partial charge in [-0.15, -0.1) is 0 Å². The van der Waals surface area contributed by atoms with Crippen LogP contribution in [0.4, 0.5) is 5.69 Å². The van der Waals surface area contributed by atoms with E-state index in [1.807, 2.05) is 31.2 Å². The number of benzene rings is 1. The van der Waals surface area contributed by atoms with Gasteiger partial charge in [-0.05, 0) is 19.1 Å². The van der Waals surface area contributed by atoms with E-state index in [-0.39, 0.29) is 11.8 Å². The van der Waals surface area contributed by atoms with E-state index in [0.29, 0.717) is 25.3 Å². The van der Waals surface area contributed by atoms with Crippen LogP contribution in [0.3, 0.4) is 0 Å². The Morgan fingerprint density at radius 3 is 3.06 bits per heavy atom. The standard InChI is InChI=1S/C13H14N2O2/c1-10(8-14)9-15-11-4-2-3-5-12(11)17-7-6-13(15)16/h2-5,10H,6-7,9H2,1H3. The fourth-order valence-electron chi connectivity index (χ4n) is 1.83. The lowest BCUT2D eigenvalue weighted by Crippen LogP contribution is -2.33. The first-order valence-corrected chi connectivity index (χ1v) is 5.64. The van der Waals surface area contributed by atoms with Crippen molar-refractivity contribution in [1.29, 1.82) is 5.26 Å². The van der Waals surface area contributed by atoms with Crippen molar-refractivity contribution in [2.24, 2.45) is 5.92 Å². The average Bonchev–Trinajstić information content (AvgIpc) is 2.50. The van der Waals surface area contributed by atoms with Crippen molar-refractivity contribution >= 4 is 11.6 Å². The maximum atomic E-state index is 12.0. The topological polar surface area (TPSA) is 53.3 Å². The molecule has 0 saturated carbocycles. The Labute approximate surface area is 100 Å². The van der Waals surface area contributed by atoms with Crippen molar-refractivity contribution < 1.29 is 9.53 Å². The van der Waals surface area contributed by atoms with Crippen molar-refractivity contribution in [3.8, 4) is 11.8 Å². The molecule has 4 heteroatoms. The highest BCUT2D eigenvalue weighted by molar-refractivity contribution is 5.95. The maximum Gasteiger partial charge on any atom is 0.230 e. The number of nitrogens with zero attached hydrogens (tertiary/aromatic N) is 2. The van der Waals surface area contributed by atoms with Crippen LogP contribution in [0.1, 0.15) is 13.3 Å². The highest BCUT2D eigenvalue weighted by Crippen LogP contribution is 2.31. The number of anilines is 1. The first-order chi connectivity index (χ1) is 8.22. The number of hydrogen-bond donors (Lipinski definition) is 0. The maximum absolute atomic E-state index is 12.0. The number of carbonyl (C=O) groups is 1. The summed E-state index contributed by atoms with van der Waals surface area (Å²) in [6, 6.07) is 9.59. The average molecular weight is 230 g/mol. The molecule has 1 amide bonds. The molecule has 88 valence electrons. The van der Waals surface area contributed by atoms with E-state index in [1.165, 1.54) is 0 Å². The van der Waals surface area contributed by atoms with Crippen molar-refractivity contribution in [3.05, 3.63) is 24.3 Å². The van der Waals surface area contributed by atoms with Crippen LogP contribution < -0.4 is 9.64 Å². The normalized spacial score (nSPS) is 16.5. The molecule has 1 atom stereocenters. The van der Waals surface area contributed by atoms with Crippen molar-refractivity contribution in [3.63, 3.8) is 0 Å². The van der Waals surface area contributed by atoms with Gasteiger partial charge in [-0.2, -0.15) is 5.26 Å². The highest BCUT2D eigenvalue weighted by atomic mass is 16.5. The summed E-state index contributed by atoms with van der Waals surface area (Å²) in [5.41, 5.74) is 0.761. The number of hydrogen-bond acceptors (Lipinski definition) is 3. The Morgan fingerprint density at radius 1 is 1.53 bits per heavy atom. The summed E-state index contributed by atoms with van der Waals surface area (Å²) in [6.45, 7) is 2.62. The number of fused-ring (bicyclic) bond motifs is 1. The quantitative estimate of drug-likeness (QED) is 0.780. The summed E-state index contributed by atoms with van der Waals surface area (Å²) in [6.07, 6.45) is 0.354. The Kier molecular flexibility index (Phi) is 3.29. The van der Waals surface area contributed by atoms with Gasteiger partial charge in [0.15, 0.2) is 0 Å². The Bertz CT molecular complexity index is 465. The van der Waals surface area contributed by atoms with Crippen LogP contribution in [0.5, 0.6) is 5.75 Å². The molecule has 4 nitrogen and oxygen atoms in total. The molecular formula is C13H14N2O2. The van der Waals surface area contributed by atoms with Gasteiger partial charge >= 0.3 is 0 Å². The summed E-state index contributed by atoms with van der Waals surface area (Å²) in [4.78, 5) is 13.6. The van der Waals surface area contributed by atoms with Crippen LogP contribution in [0.15, 0.2) is 24.3 Å². The Hall–Kier alpha value is -2.02. The molecule has 0 aliphatic carbocycles. The van der Waals surface area contributed by atoms with Gasteiger partial charge in [0.25, 0.3) is 0 Å². The van der Waals surface area contributed by atoms with E-state index < -0.39 is 0 Å². The van der Waals surface area contributed by atoms with E-state index in [1.54, 1.807) is 4.90 Å². The second kappa shape index (κ2) is 4.88.